The lowest BCUT2D eigenvalue weighted by Crippen LogP contribution is -2.29. The number of fused-ring (bicyclic) bond motifs is 1. The number of aromatic nitrogens is 5. The third kappa shape index (κ3) is 2.94. The van der Waals surface area contributed by atoms with Gasteiger partial charge in [-0.05, 0) is 46.2 Å². The molecule has 0 spiro atoms. The van der Waals surface area contributed by atoms with Crippen molar-refractivity contribution in [3.8, 4) is 0 Å². The highest BCUT2D eigenvalue weighted by atomic mass is 16.2. The van der Waals surface area contributed by atoms with Crippen molar-refractivity contribution in [2.24, 2.45) is 0 Å². The Morgan fingerprint density at radius 2 is 1.69 bits per heavy atom. The van der Waals surface area contributed by atoms with Crippen LogP contribution in [0.2, 0.25) is 0 Å². The van der Waals surface area contributed by atoms with Crippen molar-refractivity contribution >= 4 is 11.6 Å². The van der Waals surface area contributed by atoms with Gasteiger partial charge in [0.05, 0.1) is 0 Å². The van der Waals surface area contributed by atoms with E-state index < -0.39 is 0 Å². The van der Waals surface area contributed by atoms with Crippen LogP contribution in [0.15, 0.2) is 18.2 Å². The van der Waals surface area contributed by atoms with Crippen LogP contribution < -0.4 is 0 Å². The maximum absolute atomic E-state index is 12.9. The van der Waals surface area contributed by atoms with Crippen molar-refractivity contribution in [3.63, 3.8) is 0 Å². The molecule has 0 radical (unpaired) electrons. The van der Waals surface area contributed by atoms with E-state index in [0.29, 0.717) is 24.4 Å². The molecule has 0 bridgehead atoms. The minimum atomic E-state index is -0.0561. The van der Waals surface area contributed by atoms with Gasteiger partial charge in [0.25, 0.3) is 5.91 Å². The third-order valence-electron chi connectivity index (χ3n) is 4.79. The van der Waals surface area contributed by atoms with Gasteiger partial charge in [0.2, 0.25) is 0 Å². The third-order valence-corrected chi connectivity index (χ3v) is 4.79. The van der Waals surface area contributed by atoms with Crippen LogP contribution in [0.3, 0.4) is 0 Å². The standard InChI is InChI=1S/C19H22N6O/c1-11-7-12(2)22-18(21-11)15-5-6-24(10-15)19(26)16-9-17-20-13(3)8-14(4)25(17)23-16/h7-9,15H,5-6,10H2,1-4H3. The molecule has 7 nitrogen and oxygen atoms in total. The number of hydrogen-bond acceptors (Lipinski definition) is 5. The van der Waals surface area contributed by atoms with E-state index in [4.69, 9.17) is 0 Å². The smallest absolute Gasteiger partial charge is 0.274 e. The molecule has 0 aromatic carbocycles. The Labute approximate surface area is 152 Å². The second kappa shape index (κ2) is 6.16. The SMILES string of the molecule is Cc1cc(C)nc(C2CCN(C(=O)c3cc4nc(C)cc(C)n4n3)C2)n1. The highest BCUT2D eigenvalue weighted by Crippen LogP contribution is 2.26. The van der Waals surface area contributed by atoms with Crippen molar-refractivity contribution in [2.45, 2.75) is 40.0 Å². The molecule has 0 aliphatic carbocycles. The van der Waals surface area contributed by atoms with Crippen LogP contribution in [0.1, 0.15) is 51.4 Å². The van der Waals surface area contributed by atoms with E-state index >= 15 is 0 Å². The predicted molar refractivity (Wildman–Crippen MR) is 97.2 cm³/mol. The number of aryl methyl sites for hydroxylation is 4. The molecule has 1 aliphatic heterocycles. The largest absolute Gasteiger partial charge is 0.336 e. The molecule has 0 saturated carbocycles. The Kier molecular flexibility index (Phi) is 3.94. The van der Waals surface area contributed by atoms with E-state index in [1.165, 1.54) is 0 Å². The van der Waals surface area contributed by atoms with Gasteiger partial charge in [-0.15, -0.1) is 0 Å². The fourth-order valence-electron chi connectivity index (χ4n) is 3.64. The Hall–Kier alpha value is -2.83. The van der Waals surface area contributed by atoms with E-state index in [-0.39, 0.29) is 11.8 Å². The highest BCUT2D eigenvalue weighted by Gasteiger charge is 2.31. The lowest BCUT2D eigenvalue weighted by Gasteiger charge is -2.15. The quantitative estimate of drug-likeness (QED) is 0.709. The van der Waals surface area contributed by atoms with Gasteiger partial charge in [0.1, 0.15) is 5.82 Å². The number of likely N-dealkylation sites (tertiary alicyclic amines) is 1. The first-order valence-electron chi connectivity index (χ1n) is 8.86. The fourth-order valence-corrected chi connectivity index (χ4v) is 3.64. The number of carbonyl (C=O) groups excluding carboxylic acids is 1. The topological polar surface area (TPSA) is 76.3 Å². The molecule has 4 heterocycles. The summed E-state index contributed by atoms with van der Waals surface area (Å²) in [6, 6.07) is 5.69. The van der Waals surface area contributed by atoms with Crippen LogP contribution in [0.4, 0.5) is 0 Å². The average molecular weight is 350 g/mol. The normalized spacial score (nSPS) is 17.2. The Morgan fingerprint density at radius 1 is 1.00 bits per heavy atom. The maximum atomic E-state index is 12.9. The number of rotatable bonds is 2. The number of amides is 1. The second-order valence-electron chi connectivity index (χ2n) is 7.08. The van der Waals surface area contributed by atoms with Gasteiger partial charge in [0.15, 0.2) is 11.3 Å². The minimum absolute atomic E-state index is 0.0561. The molecule has 3 aromatic heterocycles. The average Bonchev–Trinajstić information content (AvgIpc) is 3.20. The van der Waals surface area contributed by atoms with Crippen molar-refractivity contribution < 1.29 is 4.79 Å². The Bertz CT molecular complexity index is 988. The second-order valence-corrected chi connectivity index (χ2v) is 7.08. The van der Waals surface area contributed by atoms with Crippen molar-refractivity contribution in [3.05, 3.63) is 52.5 Å². The molecule has 3 aromatic rings. The molecule has 7 heteroatoms. The minimum Gasteiger partial charge on any atom is -0.336 e. The van der Waals surface area contributed by atoms with Gasteiger partial charge in [-0.2, -0.15) is 5.10 Å². The summed E-state index contributed by atoms with van der Waals surface area (Å²) in [4.78, 5) is 28.3. The summed E-state index contributed by atoms with van der Waals surface area (Å²) in [6.07, 6.45) is 0.873. The first kappa shape index (κ1) is 16.6. The van der Waals surface area contributed by atoms with E-state index in [1.807, 2.05) is 44.7 Å². The molecule has 1 fully saturated rings. The first-order valence-corrected chi connectivity index (χ1v) is 8.86. The molecule has 1 amide bonds. The summed E-state index contributed by atoms with van der Waals surface area (Å²) in [5.41, 5.74) is 4.97. The molecular formula is C19H22N6O. The Balaban J connectivity index is 1.57. The van der Waals surface area contributed by atoms with Crippen molar-refractivity contribution in [1.82, 2.24) is 29.5 Å². The van der Waals surface area contributed by atoms with E-state index in [1.54, 1.807) is 10.6 Å². The van der Waals surface area contributed by atoms with Crippen LogP contribution >= 0.6 is 0 Å². The van der Waals surface area contributed by atoms with Gasteiger partial charge in [-0.3, -0.25) is 4.79 Å². The van der Waals surface area contributed by atoms with Crippen LogP contribution in [0.5, 0.6) is 0 Å². The van der Waals surface area contributed by atoms with E-state index in [9.17, 15) is 4.79 Å². The molecule has 26 heavy (non-hydrogen) atoms. The molecule has 1 aliphatic rings. The number of carbonyl (C=O) groups is 1. The summed E-state index contributed by atoms with van der Waals surface area (Å²) >= 11 is 0. The Morgan fingerprint density at radius 3 is 2.42 bits per heavy atom. The lowest BCUT2D eigenvalue weighted by atomic mass is 10.1. The summed E-state index contributed by atoms with van der Waals surface area (Å²) in [6.45, 7) is 9.18. The predicted octanol–water partition coefficient (Wildman–Crippen LogP) is 2.38. The molecule has 134 valence electrons. The van der Waals surface area contributed by atoms with Gasteiger partial charge in [-0.1, -0.05) is 0 Å². The zero-order valence-electron chi connectivity index (χ0n) is 15.5. The summed E-state index contributed by atoms with van der Waals surface area (Å²) < 4.78 is 1.72. The van der Waals surface area contributed by atoms with Crippen molar-refractivity contribution in [2.75, 3.05) is 13.1 Å². The first-order chi connectivity index (χ1) is 12.4. The molecule has 1 atom stereocenters. The van der Waals surface area contributed by atoms with Crippen LogP contribution in [-0.2, 0) is 0 Å². The van der Waals surface area contributed by atoms with Crippen molar-refractivity contribution in [1.29, 1.82) is 0 Å². The lowest BCUT2D eigenvalue weighted by molar-refractivity contribution is 0.0784. The van der Waals surface area contributed by atoms with Crippen LogP contribution in [0.25, 0.3) is 5.65 Å². The van der Waals surface area contributed by atoms with Gasteiger partial charge >= 0.3 is 0 Å². The van der Waals surface area contributed by atoms with E-state index in [2.05, 4.69) is 20.1 Å². The maximum Gasteiger partial charge on any atom is 0.274 e. The molecule has 0 N–H and O–H groups in total. The summed E-state index contributed by atoms with van der Waals surface area (Å²) in [5.74, 6) is 0.956. The van der Waals surface area contributed by atoms with Gasteiger partial charge in [-0.25, -0.2) is 19.5 Å². The zero-order valence-corrected chi connectivity index (χ0v) is 15.5. The molecule has 1 unspecified atom stereocenters. The summed E-state index contributed by atoms with van der Waals surface area (Å²) in [7, 11) is 0. The van der Waals surface area contributed by atoms with Crippen LogP contribution in [-0.4, -0.2) is 48.5 Å². The monoisotopic (exact) mass is 350 g/mol. The molecular weight excluding hydrogens is 328 g/mol. The fraction of sp³-hybridized carbons (Fsp3) is 0.421. The van der Waals surface area contributed by atoms with Crippen LogP contribution in [0, 0.1) is 27.7 Å². The van der Waals surface area contributed by atoms with E-state index in [0.717, 1.165) is 35.0 Å². The zero-order chi connectivity index (χ0) is 18.4. The number of nitrogens with zero attached hydrogens (tertiary/aromatic N) is 6. The summed E-state index contributed by atoms with van der Waals surface area (Å²) in [5, 5.41) is 4.46. The highest BCUT2D eigenvalue weighted by molar-refractivity contribution is 5.93. The van der Waals surface area contributed by atoms with Gasteiger partial charge < -0.3 is 4.90 Å². The van der Waals surface area contributed by atoms with Gasteiger partial charge in [0, 0.05) is 47.8 Å². The molecule has 4 rings (SSSR count). The number of hydrogen-bond donors (Lipinski definition) is 0. The molecule has 1 saturated heterocycles.